The molecule has 1 saturated heterocycles. The van der Waals surface area contributed by atoms with E-state index in [2.05, 4.69) is 5.16 Å². The van der Waals surface area contributed by atoms with E-state index in [9.17, 15) is 14.7 Å². The maximum absolute atomic E-state index is 13.1. The highest BCUT2D eigenvalue weighted by atomic mass is 16.5. The number of anilines is 1. The summed E-state index contributed by atoms with van der Waals surface area (Å²) in [5.41, 5.74) is 2.92. The lowest BCUT2D eigenvalue weighted by Crippen LogP contribution is -2.29. The molecular formula is C24H22N2O5. The van der Waals surface area contributed by atoms with Crippen LogP contribution in [-0.4, -0.2) is 29.1 Å². The SMILES string of the molecule is COc1ccc(/C(O)=C2\C(=O)C(=O)N(c3cc(C)on3)[C@@H]2c2ccc(C)cc2)cc1C. The van der Waals surface area contributed by atoms with Gasteiger partial charge in [-0.3, -0.25) is 14.5 Å². The molecule has 0 aliphatic carbocycles. The van der Waals surface area contributed by atoms with Crippen molar-refractivity contribution < 1.29 is 24.0 Å². The van der Waals surface area contributed by atoms with Gasteiger partial charge in [0.15, 0.2) is 5.82 Å². The second-order valence-electron chi connectivity index (χ2n) is 7.56. The fourth-order valence-corrected chi connectivity index (χ4v) is 3.78. The molecule has 1 aliphatic rings. The number of rotatable bonds is 4. The third-order valence-electron chi connectivity index (χ3n) is 5.37. The van der Waals surface area contributed by atoms with Crippen molar-refractivity contribution in [3.8, 4) is 5.75 Å². The van der Waals surface area contributed by atoms with E-state index in [0.29, 0.717) is 22.6 Å². The Morgan fingerprint density at radius 1 is 1.06 bits per heavy atom. The smallest absolute Gasteiger partial charge is 0.301 e. The zero-order valence-electron chi connectivity index (χ0n) is 17.7. The molecule has 1 atom stereocenters. The van der Waals surface area contributed by atoms with Crippen LogP contribution in [0, 0.1) is 20.8 Å². The molecular weight excluding hydrogens is 396 g/mol. The van der Waals surface area contributed by atoms with Crippen molar-refractivity contribution in [2.24, 2.45) is 0 Å². The normalized spacial score (nSPS) is 17.9. The van der Waals surface area contributed by atoms with Gasteiger partial charge in [-0.2, -0.15) is 0 Å². The molecule has 1 N–H and O–H groups in total. The number of benzene rings is 2. The Labute approximate surface area is 179 Å². The summed E-state index contributed by atoms with van der Waals surface area (Å²) in [6.07, 6.45) is 0. The van der Waals surface area contributed by atoms with Crippen molar-refractivity contribution >= 4 is 23.3 Å². The van der Waals surface area contributed by atoms with Gasteiger partial charge in [0.25, 0.3) is 5.78 Å². The van der Waals surface area contributed by atoms with Crippen LogP contribution in [0.2, 0.25) is 0 Å². The number of aryl methyl sites for hydroxylation is 3. The Balaban J connectivity index is 1.93. The van der Waals surface area contributed by atoms with Gasteiger partial charge in [0, 0.05) is 11.6 Å². The molecule has 3 aromatic rings. The van der Waals surface area contributed by atoms with E-state index in [4.69, 9.17) is 9.26 Å². The maximum atomic E-state index is 13.1. The van der Waals surface area contributed by atoms with Gasteiger partial charge in [0.05, 0.1) is 18.7 Å². The highest BCUT2D eigenvalue weighted by molar-refractivity contribution is 6.51. The molecule has 7 heteroatoms. The molecule has 4 rings (SSSR count). The number of methoxy groups -OCH3 is 1. The topological polar surface area (TPSA) is 92.9 Å². The average Bonchev–Trinajstić information content (AvgIpc) is 3.29. The molecule has 0 spiro atoms. The third-order valence-corrected chi connectivity index (χ3v) is 5.37. The highest BCUT2D eigenvalue weighted by Crippen LogP contribution is 2.42. The van der Waals surface area contributed by atoms with Crippen LogP contribution < -0.4 is 9.64 Å². The van der Waals surface area contributed by atoms with Crippen LogP contribution in [0.1, 0.15) is 34.1 Å². The highest BCUT2D eigenvalue weighted by Gasteiger charge is 2.48. The predicted molar refractivity (Wildman–Crippen MR) is 115 cm³/mol. The molecule has 2 aromatic carbocycles. The van der Waals surface area contributed by atoms with E-state index < -0.39 is 17.7 Å². The van der Waals surface area contributed by atoms with Crippen molar-refractivity contribution in [2.45, 2.75) is 26.8 Å². The number of carbonyl (C=O) groups excluding carboxylic acids is 2. The second kappa shape index (κ2) is 7.75. The van der Waals surface area contributed by atoms with Crippen LogP contribution >= 0.6 is 0 Å². The Kier molecular flexibility index (Phi) is 5.10. The zero-order valence-corrected chi connectivity index (χ0v) is 17.7. The number of aromatic nitrogens is 1. The van der Waals surface area contributed by atoms with Crippen molar-refractivity contribution in [1.29, 1.82) is 0 Å². The molecule has 1 aromatic heterocycles. The molecule has 0 unspecified atom stereocenters. The van der Waals surface area contributed by atoms with E-state index in [1.165, 1.54) is 4.90 Å². The van der Waals surface area contributed by atoms with Gasteiger partial charge in [-0.25, -0.2) is 0 Å². The maximum Gasteiger partial charge on any atom is 0.301 e. The van der Waals surface area contributed by atoms with E-state index >= 15 is 0 Å². The zero-order chi connectivity index (χ0) is 22.3. The van der Waals surface area contributed by atoms with Gasteiger partial charge in [-0.1, -0.05) is 35.0 Å². The minimum absolute atomic E-state index is 0.000858. The number of carbonyl (C=O) groups is 2. The molecule has 2 heterocycles. The fourth-order valence-electron chi connectivity index (χ4n) is 3.78. The molecule has 158 valence electrons. The van der Waals surface area contributed by atoms with Gasteiger partial charge >= 0.3 is 5.91 Å². The molecule has 0 bridgehead atoms. The Hall–Kier alpha value is -3.87. The number of nitrogens with zero attached hydrogens (tertiary/aromatic N) is 2. The van der Waals surface area contributed by atoms with Gasteiger partial charge in [0.2, 0.25) is 0 Å². The minimum atomic E-state index is -0.840. The number of ketones is 1. The summed E-state index contributed by atoms with van der Waals surface area (Å²) in [6.45, 7) is 5.49. The summed E-state index contributed by atoms with van der Waals surface area (Å²) in [4.78, 5) is 27.4. The third kappa shape index (κ3) is 3.48. The number of Topliss-reactive ketones (excluding diaryl/α,β-unsaturated/α-hetero) is 1. The summed E-state index contributed by atoms with van der Waals surface area (Å²) in [6, 6.07) is 13.3. The quantitative estimate of drug-likeness (QED) is 0.387. The van der Waals surface area contributed by atoms with Gasteiger partial charge in [0.1, 0.15) is 17.3 Å². The minimum Gasteiger partial charge on any atom is -0.507 e. The van der Waals surface area contributed by atoms with Crippen molar-refractivity contribution in [3.05, 3.63) is 82.1 Å². The molecule has 7 nitrogen and oxygen atoms in total. The average molecular weight is 418 g/mol. The first kappa shape index (κ1) is 20.4. The Morgan fingerprint density at radius 2 is 1.77 bits per heavy atom. The second-order valence-corrected chi connectivity index (χ2v) is 7.56. The van der Waals surface area contributed by atoms with Gasteiger partial charge in [-0.05, 0) is 50.1 Å². The van der Waals surface area contributed by atoms with Crippen LogP contribution in [0.4, 0.5) is 5.82 Å². The van der Waals surface area contributed by atoms with Crippen molar-refractivity contribution in [3.63, 3.8) is 0 Å². The van der Waals surface area contributed by atoms with Gasteiger partial charge < -0.3 is 14.4 Å². The number of aliphatic hydroxyl groups is 1. The van der Waals surface area contributed by atoms with E-state index in [1.807, 2.05) is 38.1 Å². The van der Waals surface area contributed by atoms with Crippen LogP contribution in [0.25, 0.3) is 5.76 Å². The molecule has 1 fully saturated rings. The molecule has 0 radical (unpaired) electrons. The van der Waals surface area contributed by atoms with Crippen molar-refractivity contribution in [1.82, 2.24) is 5.16 Å². The van der Waals surface area contributed by atoms with Gasteiger partial charge in [-0.15, -0.1) is 0 Å². The molecule has 1 aliphatic heterocycles. The number of ether oxygens (including phenoxy) is 1. The lowest BCUT2D eigenvalue weighted by atomic mass is 9.94. The number of aliphatic hydroxyl groups excluding tert-OH is 1. The first-order valence-electron chi connectivity index (χ1n) is 9.77. The Bertz CT molecular complexity index is 1210. The van der Waals surface area contributed by atoms with Crippen LogP contribution in [0.5, 0.6) is 5.75 Å². The summed E-state index contributed by atoms with van der Waals surface area (Å²) in [5.74, 6) is -0.425. The first-order valence-corrected chi connectivity index (χ1v) is 9.77. The van der Waals surface area contributed by atoms with E-state index in [1.54, 1.807) is 38.3 Å². The predicted octanol–water partition coefficient (Wildman–Crippen LogP) is 4.23. The summed E-state index contributed by atoms with van der Waals surface area (Å²) < 4.78 is 10.4. The first-order chi connectivity index (χ1) is 14.8. The van der Waals surface area contributed by atoms with Crippen molar-refractivity contribution in [2.75, 3.05) is 12.0 Å². The van der Waals surface area contributed by atoms with Crippen LogP contribution in [0.3, 0.4) is 0 Å². The molecule has 0 saturated carbocycles. The summed E-state index contributed by atoms with van der Waals surface area (Å²) in [5, 5.41) is 15.1. The standard InChI is InChI=1S/C24H22N2O5/c1-13-5-7-16(8-6-13)21-20(22(27)17-9-10-18(30-4)14(2)11-17)23(28)24(29)26(21)19-12-15(3)31-25-19/h5-12,21,27H,1-4H3/b22-20+/t21-/m1/s1. The lowest BCUT2D eigenvalue weighted by Gasteiger charge is -2.23. The monoisotopic (exact) mass is 418 g/mol. The van der Waals surface area contributed by atoms with Crippen LogP contribution in [0.15, 0.2) is 58.6 Å². The van der Waals surface area contributed by atoms with E-state index in [0.717, 1.165) is 11.1 Å². The van der Waals surface area contributed by atoms with E-state index in [-0.39, 0.29) is 17.2 Å². The Morgan fingerprint density at radius 3 is 2.35 bits per heavy atom. The lowest BCUT2D eigenvalue weighted by molar-refractivity contribution is -0.132. The number of hydrogen-bond donors (Lipinski definition) is 1. The summed E-state index contributed by atoms with van der Waals surface area (Å²) >= 11 is 0. The number of hydrogen-bond acceptors (Lipinski definition) is 6. The fraction of sp³-hybridized carbons (Fsp3) is 0.208. The molecule has 1 amide bonds. The number of amides is 1. The molecule has 31 heavy (non-hydrogen) atoms. The largest absolute Gasteiger partial charge is 0.507 e. The van der Waals surface area contributed by atoms with Crippen LogP contribution in [-0.2, 0) is 9.59 Å². The summed E-state index contributed by atoms with van der Waals surface area (Å²) in [7, 11) is 1.56.